The fourth-order valence-electron chi connectivity index (χ4n) is 2.03. The molecule has 0 unspecified atom stereocenters. The number of nitrogens with zero attached hydrogens (tertiary/aromatic N) is 3. The van der Waals surface area contributed by atoms with Gasteiger partial charge in [-0.3, -0.25) is 14.8 Å². The van der Waals surface area contributed by atoms with E-state index >= 15 is 0 Å². The number of aryl methyl sites for hydroxylation is 1. The number of carbonyl (C=O) groups is 2. The summed E-state index contributed by atoms with van der Waals surface area (Å²) in [6, 6.07) is 1.40. The number of urea groups is 1. The molecule has 0 saturated carbocycles. The topological polar surface area (TPSA) is 87.5 Å². The fourth-order valence-corrected chi connectivity index (χ4v) is 2.03. The molecular weight excluding hydrogens is 236 g/mol. The van der Waals surface area contributed by atoms with E-state index in [0.29, 0.717) is 25.2 Å². The molecular formula is C11H16N4O3. The molecule has 1 aliphatic heterocycles. The molecule has 0 aliphatic carbocycles. The highest BCUT2D eigenvalue weighted by Crippen LogP contribution is 2.17. The normalized spacial score (nSPS) is 19.6. The Morgan fingerprint density at radius 3 is 2.94 bits per heavy atom. The van der Waals surface area contributed by atoms with Crippen molar-refractivity contribution in [1.82, 2.24) is 14.7 Å². The molecule has 2 rings (SSSR count). The number of carboxylic acid groups (broad SMARTS) is 1. The highest BCUT2D eigenvalue weighted by Gasteiger charge is 2.28. The molecule has 0 radical (unpaired) electrons. The molecule has 1 atom stereocenters. The summed E-state index contributed by atoms with van der Waals surface area (Å²) < 4.78 is 1.59. The van der Waals surface area contributed by atoms with Crippen LogP contribution in [0.1, 0.15) is 12.8 Å². The van der Waals surface area contributed by atoms with E-state index in [2.05, 4.69) is 10.4 Å². The van der Waals surface area contributed by atoms with Crippen LogP contribution in [0.2, 0.25) is 0 Å². The van der Waals surface area contributed by atoms with Crippen LogP contribution in [0.3, 0.4) is 0 Å². The van der Waals surface area contributed by atoms with Gasteiger partial charge in [-0.1, -0.05) is 0 Å². The molecule has 0 bridgehead atoms. The zero-order valence-electron chi connectivity index (χ0n) is 10.2. The van der Waals surface area contributed by atoms with Crippen molar-refractivity contribution < 1.29 is 14.7 Å². The number of aromatic nitrogens is 2. The lowest BCUT2D eigenvalue weighted by atomic mass is 9.99. The van der Waals surface area contributed by atoms with Gasteiger partial charge in [0.05, 0.1) is 5.92 Å². The minimum Gasteiger partial charge on any atom is -0.481 e. The quantitative estimate of drug-likeness (QED) is 0.813. The van der Waals surface area contributed by atoms with Crippen molar-refractivity contribution in [2.24, 2.45) is 13.0 Å². The molecule has 2 N–H and O–H groups in total. The van der Waals surface area contributed by atoms with Gasteiger partial charge in [-0.25, -0.2) is 4.79 Å². The van der Waals surface area contributed by atoms with E-state index in [1.807, 2.05) is 0 Å². The van der Waals surface area contributed by atoms with Gasteiger partial charge in [-0.05, 0) is 12.8 Å². The summed E-state index contributed by atoms with van der Waals surface area (Å²) >= 11 is 0. The Hall–Kier alpha value is -2.05. The van der Waals surface area contributed by atoms with Crippen molar-refractivity contribution >= 4 is 17.8 Å². The highest BCUT2D eigenvalue weighted by atomic mass is 16.4. The van der Waals surface area contributed by atoms with Crippen molar-refractivity contribution in [1.29, 1.82) is 0 Å². The summed E-state index contributed by atoms with van der Waals surface area (Å²) in [5.41, 5.74) is 0. The number of hydrogen-bond donors (Lipinski definition) is 2. The van der Waals surface area contributed by atoms with Gasteiger partial charge in [-0.2, -0.15) is 5.10 Å². The van der Waals surface area contributed by atoms with E-state index in [-0.39, 0.29) is 12.6 Å². The van der Waals surface area contributed by atoms with Crippen LogP contribution in [0.15, 0.2) is 12.3 Å². The van der Waals surface area contributed by atoms with Crippen molar-refractivity contribution in [2.75, 3.05) is 18.4 Å². The molecule has 98 valence electrons. The van der Waals surface area contributed by atoms with Gasteiger partial charge in [0.25, 0.3) is 0 Å². The minimum atomic E-state index is -0.842. The Morgan fingerprint density at radius 2 is 2.33 bits per heavy atom. The standard InChI is InChI=1S/C11H16N4O3/c1-14-6-4-9(13-14)12-11(18)15-5-2-3-8(7-15)10(16)17/h4,6,8H,2-3,5,7H2,1H3,(H,16,17)(H,12,13,18)/t8-/m0/s1. The van der Waals surface area contributed by atoms with E-state index in [1.54, 1.807) is 24.0 Å². The minimum absolute atomic E-state index is 0.258. The first-order chi connectivity index (χ1) is 8.56. The van der Waals surface area contributed by atoms with Crippen LogP contribution in [0.4, 0.5) is 10.6 Å². The molecule has 7 heteroatoms. The third kappa shape index (κ3) is 2.79. The zero-order valence-corrected chi connectivity index (χ0v) is 10.2. The summed E-state index contributed by atoms with van der Waals surface area (Å²) in [6.07, 6.45) is 3.07. The van der Waals surface area contributed by atoms with E-state index in [1.165, 1.54) is 4.90 Å². The number of rotatable bonds is 2. The maximum Gasteiger partial charge on any atom is 0.323 e. The molecule has 18 heavy (non-hydrogen) atoms. The third-order valence-electron chi connectivity index (χ3n) is 3.01. The Morgan fingerprint density at radius 1 is 1.56 bits per heavy atom. The van der Waals surface area contributed by atoms with Gasteiger partial charge in [0, 0.05) is 32.4 Å². The third-order valence-corrected chi connectivity index (χ3v) is 3.01. The van der Waals surface area contributed by atoms with Crippen LogP contribution >= 0.6 is 0 Å². The van der Waals surface area contributed by atoms with Crippen LogP contribution < -0.4 is 5.32 Å². The average molecular weight is 252 g/mol. The predicted molar refractivity (Wildman–Crippen MR) is 64.2 cm³/mol. The summed E-state index contributed by atoms with van der Waals surface area (Å²) in [7, 11) is 1.76. The highest BCUT2D eigenvalue weighted by molar-refractivity contribution is 5.88. The first-order valence-corrected chi connectivity index (χ1v) is 5.84. The number of carbonyl (C=O) groups excluding carboxylic acids is 1. The number of aliphatic carboxylic acids is 1. The molecule has 2 amide bonds. The maximum atomic E-state index is 11.9. The second-order valence-corrected chi connectivity index (χ2v) is 4.43. The van der Waals surface area contributed by atoms with Gasteiger partial charge < -0.3 is 10.0 Å². The number of nitrogens with one attached hydrogen (secondary N) is 1. The molecule has 7 nitrogen and oxygen atoms in total. The smallest absolute Gasteiger partial charge is 0.323 e. The van der Waals surface area contributed by atoms with Gasteiger partial charge in [-0.15, -0.1) is 0 Å². The Balaban J connectivity index is 1.94. The first kappa shape index (κ1) is 12.4. The Kier molecular flexibility index (Phi) is 3.50. The summed E-state index contributed by atoms with van der Waals surface area (Å²) in [5.74, 6) is -0.835. The lowest BCUT2D eigenvalue weighted by molar-refractivity contribution is -0.143. The summed E-state index contributed by atoms with van der Waals surface area (Å²) in [4.78, 5) is 24.4. The Labute approximate surface area is 104 Å². The lowest BCUT2D eigenvalue weighted by Gasteiger charge is -2.30. The van der Waals surface area contributed by atoms with Gasteiger partial charge in [0.15, 0.2) is 5.82 Å². The maximum absolute atomic E-state index is 11.9. The molecule has 0 aromatic carbocycles. The van der Waals surface area contributed by atoms with Crippen LogP contribution in [0.25, 0.3) is 0 Å². The van der Waals surface area contributed by atoms with E-state index in [0.717, 1.165) is 0 Å². The van der Waals surface area contributed by atoms with E-state index in [9.17, 15) is 9.59 Å². The van der Waals surface area contributed by atoms with Crippen molar-refractivity contribution in [3.63, 3.8) is 0 Å². The molecule has 1 aliphatic rings. The largest absolute Gasteiger partial charge is 0.481 e. The SMILES string of the molecule is Cn1ccc(NC(=O)N2CCC[C@H](C(=O)O)C2)n1. The van der Waals surface area contributed by atoms with Crippen molar-refractivity contribution in [3.8, 4) is 0 Å². The average Bonchev–Trinajstić information content (AvgIpc) is 2.75. The van der Waals surface area contributed by atoms with E-state index < -0.39 is 11.9 Å². The molecule has 1 saturated heterocycles. The van der Waals surface area contributed by atoms with Crippen LogP contribution in [-0.2, 0) is 11.8 Å². The molecule has 2 heterocycles. The monoisotopic (exact) mass is 252 g/mol. The van der Waals surface area contributed by atoms with Gasteiger partial charge in [0.2, 0.25) is 0 Å². The molecule has 1 aromatic heterocycles. The number of carboxylic acids is 1. The summed E-state index contributed by atoms with van der Waals surface area (Å²) in [5, 5.41) is 15.7. The number of anilines is 1. The molecule has 1 aromatic rings. The first-order valence-electron chi connectivity index (χ1n) is 5.84. The number of piperidine rings is 1. The number of amides is 2. The zero-order chi connectivity index (χ0) is 13.1. The van der Waals surface area contributed by atoms with Crippen LogP contribution in [-0.4, -0.2) is 44.9 Å². The van der Waals surface area contributed by atoms with Gasteiger partial charge in [0.1, 0.15) is 0 Å². The van der Waals surface area contributed by atoms with Crippen LogP contribution in [0.5, 0.6) is 0 Å². The van der Waals surface area contributed by atoms with E-state index in [4.69, 9.17) is 5.11 Å². The molecule has 1 fully saturated rings. The van der Waals surface area contributed by atoms with Crippen molar-refractivity contribution in [2.45, 2.75) is 12.8 Å². The number of likely N-dealkylation sites (tertiary alicyclic amines) is 1. The summed E-state index contributed by atoms with van der Waals surface area (Å²) in [6.45, 7) is 0.844. The lowest BCUT2D eigenvalue weighted by Crippen LogP contribution is -2.44. The fraction of sp³-hybridized carbons (Fsp3) is 0.545. The van der Waals surface area contributed by atoms with Crippen LogP contribution in [0, 0.1) is 5.92 Å². The Bertz CT molecular complexity index is 457. The van der Waals surface area contributed by atoms with Gasteiger partial charge >= 0.3 is 12.0 Å². The molecule has 0 spiro atoms. The number of hydrogen-bond acceptors (Lipinski definition) is 3. The second-order valence-electron chi connectivity index (χ2n) is 4.43. The predicted octanol–water partition coefficient (Wildman–Crippen LogP) is 0.749. The van der Waals surface area contributed by atoms with Crippen molar-refractivity contribution in [3.05, 3.63) is 12.3 Å². The second kappa shape index (κ2) is 5.07.